The van der Waals surface area contributed by atoms with Crippen molar-refractivity contribution in [2.45, 2.75) is 44.8 Å². The summed E-state index contributed by atoms with van der Waals surface area (Å²) in [5, 5.41) is 16.0. The number of amides is 4. The molecule has 3 unspecified atom stereocenters. The molecular weight excluding hydrogens is 378 g/mol. The van der Waals surface area contributed by atoms with Crippen LogP contribution in [0.1, 0.15) is 26.7 Å². The van der Waals surface area contributed by atoms with Crippen LogP contribution in [-0.4, -0.2) is 65.1 Å². The zero-order valence-electron chi connectivity index (χ0n) is 15.2. The molecule has 8 N–H and O–H groups in total. The first-order valence-electron chi connectivity index (χ1n) is 8.23. The highest BCUT2D eigenvalue weighted by Crippen LogP contribution is 2.07. The maximum atomic E-state index is 12.4. The van der Waals surface area contributed by atoms with Gasteiger partial charge in [-0.05, 0) is 12.3 Å². The standard InChI is InChI=1S/C15H27N5O6S/c1-7(2)3-8(13(23)20-10(6-27)15(25)26)19-14(24)9(4-11(17)21)18-12(22)5-16/h7-10,27H,3-6,16H2,1-2H3,(H2,17,21)(H,18,22)(H,19,24)(H,20,23)(H,25,26). The Bertz CT molecular complexity index is 571. The first-order valence-corrected chi connectivity index (χ1v) is 8.87. The number of nitrogens with two attached hydrogens (primary N) is 2. The monoisotopic (exact) mass is 405 g/mol. The number of primary amides is 1. The number of thiol groups is 1. The van der Waals surface area contributed by atoms with Crippen molar-refractivity contribution in [3.8, 4) is 0 Å². The molecule has 0 aromatic carbocycles. The second kappa shape index (κ2) is 12.1. The van der Waals surface area contributed by atoms with Gasteiger partial charge in [-0.2, -0.15) is 12.6 Å². The summed E-state index contributed by atoms with van der Waals surface area (Å²) in [6.07, 6.45) is -0.285. The zero-order valence-corrected chi connectivity index (χ0v) is 16.1. The predicted octanol–water partition coefficient (Wildman–Crippen LogP) is -2.66. The van der Waals surface area contributed by atoms with Crippen molar-refractivity contribution in [1.82, 2.24) is 16.0 Å². The molecule has 0 bridgehead atoms. The summed E-state index contributed by atoms with van der Waals surface area (Å²) in [4.78, 5) is 58.5. The number of hydrogen-bond acceptors (Lipinski definition) is 7. The van der Waals surface area contributed by atoms with E-state index in [1.165, 1.54) is 0 Å². The molecule has 0 aliphatic heterocycles. The van der Waals surface area contributed by atoms with E-state index in [1.54, 1.807) is 13.8 Å². The van der Waals surface area contributed by atoms with Gasteiger partial charge in [0.05, 0.1) is 13.0 Å². The van der Waals surface area contributed by atoms with E-state index in [2.05, 4.69) is 28.6 Å². The normalized spacial score (nSPS) is 14.0. The molecule has 4 amide bonds. The minimum Gasteiger partial charge on any atom is -0.480 e. The van der Waals surface area contributed by atoms with Gasteiger partial charge in [0.25, 0.3) is 0 Å². The number of nitrogens with one attached hydrogen (secondary N) is 3. The molecule has 27 heavy (non-hydrogen) atoms. The van der Waals surface area contributed by atoms with Gasteiger partial charge in [0.2, 0.25) is 23.6 Å². The van der Waals surface area contributed by atoms with Crippen LogP contribution in [0.5, 0.6) is 0 Å². The second-order valence-corrected chi connectivity index (χ2v) is 6.63. The third-order valence-electron chi connectivity index (χ3n) is 3.38. The first-order chi connectivity index (χ1) is 12.5. The average Bonchev–Trinajstić information content (AvgIpc) is 2.56. The van der Waals surface area contributed by atoms with Crippen molar-refractivity contribution in [3.05, 3.63) is 0 Å². The van der Waals surface area contributed by atoms with Gasteiger partial charge in [-0.1, -0.05) is 13.8 Å². The van der Waals surface area contributed by atoms with E-state index < -0.39 is 60.7 Å². The number of rotatable bonds is 12. The molecule has 154 valence electrons. The summed E-state index contributed by atoms with van der Waals surface area (Å²) >= 11 is 3.86. The molecule has 11 nitrogen and oxygen atoms in total. The number of carboxylic acids is 1. The molecule has 0 saturated heterocycles. The van der Waals surface area contributed by atoms with Gasteiger partial charge in [0.1, 0.15) is 18.1 Å². The Balaban J connectivity index is 5.29. The maximum Gasteiger partial charge on any atom is 0.327 e. The van der Waals surface area contributed by atoms with Crippen molar-refractivity contribution < 1.29 is 29.1 Å². The highest BCUT2D eigenvalue weighted by atomic mass is 32.1. The molecule has 0 aliphatic carbocycles. The Labute approximate surface area is 162 Å². The lowest BCUT2D eigenvalue weighted by Crippen LogP contribution is -2.57. The number of carboxylic acid groups (broad SMARTS) is 1. The Morgan fingerprint density at radius 2 is 1.48 bits per heavy atom. The third-order valence-corrected chi connectivity index (χ3v) is 3.74. The van der Waals surface area contributed by atoms with Gasteiger partial charge < -0.3 is 32.5 Å². The minimum atomic E-state index is -1.30. The lowest BCUT2D eigenvalue weighted by atomic mass is 10.0. The molecule has 12 heteroatoms. The number of hydrogen-bond donors (Lipinski definition) is 7. The van der Waals surface area contributed by atoms with E-state index in [9.17, 15) is 24.0 Å². The first kappa shape index (κ1) is 24.7. The van der Waals surface area contributed by atoms with Gasteiger partial charge in [0.15, 0.2) is 0 Å². The van der Waals surface area contributed by atoms with E-state index in [-0.39, 0.29) is 18.1 Å². The summed E-state index contributed by atoms with van der Waals surface area (Å²) in [5.41, 5.74) is 10.3. The van der Waals surface area contributed by atoms with E-state index in [0.29, 0.717) is 0 Å². The van der Waals surface area contributed by atoms with Crippen LogP contribution in [0.4, 0.5) is 0 Å². The molecular formula is C15H27N5O6S. The SMILES string of the molecule is CC(C)CC(NC(=O)C(CC(N)=O)NC(=O)CN)C(=O)NC(CS)C(=O)O. The van der Waals surface area contributed by atoms with Crippen LogP contribution in [0.15, 0.2) is 0 Å². The van der Waals surface area contributed by atoms with Crippen molar-refractivity contribution in [2.75, 3.05) is 12.3 Å². The minimum absolute atomic E-state index is 0.0199. The molecule has 0 rings (SSSR count). The molecule has 0 aromatic heterocycles. The maximum absolute atomic E-state index is 12.4. The molecule has 0 spiro atoms. The Morgan fingerprint density at radius 3 is 1.89 bits per heavy atom. The van der Waals surface area contributed by atoms with Crippen LogP contribution < -0.4 is 27.4 Å². The summed E-state index contributed by atoms with van der Waals surface area (Å²) in [7, 11) is 0. The van der Waals surface area contributed by atoms with Crippen molar-refractivity contribution in [3.63, 3.8) is 0 Å². The molecule has 0 fully saturated rings. The number of aliphatic carboxylic acids is 1. The van der Waals surface area contributed by atoms with Crippen LogP contribution in [0, 0.1) is 5.92 Å². The predicted molar refractivity (Wildman–Crippen MR) is 99.6 cm³/mol. The molecule has 0 aliphatic rings. The average molecular weight is 405 g/mol. The van der Waals surface area contributed by atoms with Gasteiger partial charge in [-0.25, -0.2) is 4.79 Å². The van der Waals surface area contributed by atoms with E-state index in [4.69, 9.17) is 16.6 Å². The summed E-state index contributed by atoms with van der Waals surface area (Å²) in [6, 6.07) is -3.61. The Morgan fingerprint density at radius 1 is 0.963 bits per heavy atom. The summed E-state index contributed by atoms with van der Waals surface area (Å²) in [6.45, 7) is 3.20. The van der Waals surface area contributed by atoms with Crippen LogP contribution >= 0.6 is 12.6 Å². The lowest BCUT2D eigenvalue weighted by molar-refractivity contribution is -0.141. The Hall–Kier alpha value is -2.34. The second-order valence-electron chi connectivity index (χ2n) is 6.27. The van der Waals surface area contributed by atoms with Gasteiger partial charge in [0, 0.05) is 5.75 Å². The molecule has 0 aromatic rings. The van der Waals surface area contributed by atoms with Crippen molar-refractivity contribution in [2.24, 2.45) is 17.4 Å². The smallest absolute Gasteiger partial charge is 0.327 e. The molecule has 3 atom stereocenters. The molecule has 0 radical (unpaired) electrons. The quantitative estimate of drug-likeness (QED) is 0.172. The topological polar surface area (TPSA) is 194 Å². The highest BCUT2D eigenvalue weighted by Gasteiger charge is 2.30. The van der Waals surface area contributed by atoms with Crippen molar-refractivity contribution >= 4 is 42.2 Å². The van der Waals surface area contributed by atoms with Crippen molar-refractivity contribution in [1.29, 1.82) is 0 Å². The fourth-order valence-corrected chi connectivity index (χ4v) is 2.34. The van der Waals surface area contributed by atoms with E-state index in [0.717, 1.165) is 0 Å². The van der Waals surface area contributed by atoms with Gasteiger partial charge in [-0.3, -0.25) is 19.2 Å². The Kier molecular flexibility index (Phi) is 11.1. The van der Waals surface area contributed by atoms with E-state index >= 15 is 0 Å². The van der Waals surface area contributed by atoms with Crippen LogP contribution in [-0.2, 0) is 24.0 Å². The lowest BCUT2D eigenvalue weighted by Gasteiger charge is -2.24. The number of carbonyl (C=O) groups excluding carboxylic acids is 4. The highest BCUT2D eigenvalue weighted by molar-refractivity contribution is 7.80. The zero-order chi connectivity index (χ0) is 21.1. The van der Waals surface area contributed by atoms with Gasteiger partial charge >= 0.3 is 5.97 Å². The summed E-state index contributed by atoms with van der Waals surface area (Å²) < 4.78 is 0. The van der Waals surface area contributed by atoms with Gasteiger partial charge in [-0.15, -0.1) is 0 Å². The largest absolute Gasteiger partial charge is 0.480 e. The molecule has 0 saturated carbocycles. The van der Waals surface area contributed by atoms with Crippen LogP contribution in [0.2, 0.25) is 0 Å². The van der Waals surface area contributed by atoms with Crippen LogP contribution in [0.3, 0.4) is 0 Å². The molecule has 0 heterocycles. The fourth-order valence-electron chi connectivity index (χ4n) is 2.10. The fraction of sp³-hybridized carbons (Fsp3) is 0.667. The van der Waals surface area contributed by atoms with E-state index in [1.807, 2.05) is 0 Å². The third kappa shape index (κ3) is 9.80. The summed E-state index contributed by atoms with van der Waals surface area (Å²) in [5.74, 6) is -4.47. The number of carbonyl (C=O) groups is 5. The van der Waals surface area contributed by atoms with Crippen LogP contribution in [0.25, 0.3) is 0 Å².